The molecule has 160 valence electrons. The molecule has 7 heteroatoms. The van der Waals surface area contributed by atoms with Gasteiger partial charge in [-0.1, -0.05) is 42.5 Å². The van der Waals surface area contributed by atoms with Gasteiger partial charge in [0, 0.05) is 50.8 Å². The van der Waals surface area contributed by atoms with E-state index in [1.807, 2.05) is 73.6 Å². The van der Waals surface area contributed by atoms with Crippen LogP contribution in [0.25, 0.3) is 0 Å². The lowest BCUT2D eigenvalue weighted by atomic mass is 10.1. The third kappa shape index (κ3) is 6.85. The number of carbonyl (C=O) groups excluding carboxylic acids is 2. The number of aromatic nitrogens is 1. The van der Waals surface area contributed by atoms with Gasteiger partial charge >= 0.3 is 6.03 Å². The van der Waals surface area contributed by atoms with Crippen molar-refractivity contribution in [3.63, 3.8) is 0 Å². The Morgan fingerprint density at radius 1 is 0.903 bits per heavy atom. The van der Waals surface area contributed by atoms with Gasteiger partial charge in [0.1, 0.15) is 6.04 Å². The predicted molar refractivity (Wildman–Crippen MR) is 123 cm³/mol. The summed E-state index contributed by atoms with van der Waals surface area (Å²) in [5, 5.41) is 8.46. The van der Waals surface area contributed by atoms with Gasteiger partial charge in [0.05, 0.1) is 0 Å². The highest BCUT2D eigenvalue weighted by Crippen LogP contribution is 2.12. The summed E-state index contributed by atoms with van der Waals surface area (Å²) in [5.74, 6) is -0.291. The highest BCUT2D eigenvalue weighted by molar-refractivity contribution is 5.97. The molecule has 3 rings (SSSR count). The van der Waals surface area contributed by atoms with E-state index in [9.17, 15) is 9.59 Å². The summed E-state index contributed by atoms with van der Waals surface area (Å²) in [4.78, 5) is 31.3. The number of nitrogens with one attached hydrogen (secondary N) is 3. The highest BCUT2D eigenvalue weighted by atomic mass is 16.2. The smallest absolute Gasteiger partial charge is 0.315 e. The molecule has 1 heterocycles. The first-order valence-electron chi connectivity index (χ1n) is 10.1. The van der Waals surface area contributed by atoms with Crippen LogP contribution in [0, 0.1) is 0 Å². The number of rotatable bonds is 8. The number of amides is 3. The summed E-state index contributed by atoms with van der Waals surface area (Å²) >= 11 is 0. The maximum Gasteiger partial charge on any atom is 0.315 e. The van der Waals surface area contributed by atoms with Crippen molar-refractivity contribution in [2.45, 2.75) is 19.0 Å². The number of carbonyl (C=O) groups is 2. The number of hydrogen-bond acceptors (Lipinski definition) is 4. The minimum atomic E-state index is -0.730. The monoisotopic (exact) mass is 417 g/mol. The van der Waals surface area contributed by atoms with E-state index in [1.165, 1.54) is 0 Å². The van der Waals surface area contributed by atoms with Crippen molar-refractivity contribution in [3.8, 4) is 0 Å². The lowest BCUT2D eigenvalue weighted by Crippen LogP contribution is -2.49. The first-order valence-corrected chi connectivity index (χ1v) is 10.1. The van der Waals surface area contributed by atoms with E-state index in [0.29, 0.717) is 18.7 Å². The van der Waals surface area contributed by atoms with Gasteiger partial charge < -0.3 is 20.9 Å². The maximum absolute atomic E-state index is 12.8. The molecule has 3 amide bonds. The van der Waals surface area contributed by atoms with Crippen molar-refractivity contribution in [1.82, 2.24) is 15.6 Å². The van der Waals surface area contributed by atoms with Crippen LogP contribution >= 0.6 is 0 Å². The third-order valence-corrected chi connectivity index (χ3v) is 4.76. The van der Waals surface area contributed by atoms with Gasteiger partial charge in [0.25, 0.3) is 0 Å². The summed E-state index contributed by atoms with van der Waals surface area (Å²) in [6, 6.07) is 19.8. The van der Waals surface area contributed by atoms with E-state index in [4.69, 9.17) is 0 Å². The SMILES string of the molecule is CN(C)c1ccc(CNC(=O)N[C@@H](Cc2ccccc2)C(=O)Nc2ccncc2)cc1. The van der Waals surface area contributed by atoms with Crippen LogP contribution in [-0.4, -0.2) is 37.1 Å². The van der Waals surface area contributed by atoms with Crippen molar-refractivity contribution in [2.24, 2.45) is 0 Å². The Morgan fingerprint density at radius 2 is 1.58 bits per heavy atom. The normalized spacial score (nSPS) is 11.3. The molecule has 0 bridgehead atoms. The Balaban J connectivity index is 1.62. The molecule has 3 N–H and O–H groups in total. The maximum atomic E-state index is 12.8. The standard InChI is InChI=1S/C24H27N5O2/c1-29(2)21-10-8-19(9-11-21)17-26-24(31)28-22(16-18-6-4-3-5-7-18)23(30)27-20-12-14-25-15-13-20/h3-15,22H,16-17H2,1-2H3,(H,25,27,30)(H2,26,28,31)/t22-/m0/s1. The molecular weight excluding hydrogens is 390 g/mol. The van der Waals surface area contributed by atoms with Gasteiger partial charge in [-0.25, -0.2) is 4.79 Å². The Bertz CT molecular complexity index is 976. The number of anilines is 2. The van der Waals surface area contributed by atoms with E-state index in [2.05, 4.69) is 20.9 Å². The fraction of sp³-hybridized carbons (Fsp3) is 0.208. The van der Waals surface area contributed by atoms with Crippen LogP contribution in [0.3, 0.4) is 0 Å². The summed E-state index contributed by atoms with van der Waals surface area (Å²) in [6.45, 7) is 0.365. The Hall–Kier alpha value is -3.87. The van der Waals surface area contributed by atoms with Crippen LogP contribution in [0.2, 0.25) is 0 Å². The molecule has 0 saturated heterocycles. The lowest BCUT2D eigenvalue weighted by Gasteiger charge is -2.19. The topological polar surface area (TPSA) is 86.4 Å². The van der Waals surface area contributed by atoms with Crippen molar-refractivity contribution < 1.29 is 9.59 Å². The van der Waals surface area contributed by atoms with Gasteiger partial charge in [0.15, 0.2) is 0 Å². The zero-order chi connectivity index (χ0) is 22.1. The van der Waals surface area contributed by atoms with Crippen molar-refractivity contribution in [2.75, 3.05) is 24.3 Å². The van der Waals surface area contributed by atoms with Gasteiger partial charge in [-0.15, -0.1) is 0 Å². The second-order valence-corrected chi connectivity index (χ2v) is 7.36. The highest BCUT2D eigenvalue weighted by Gasteiger charge is 2.21. The van der Waals surface area contributed by atoms with Gasteiger partial charge in [-0.3, -0.25) is 9.78 Å². The van der Waals surface area contributed by atoms with Crippen LogP contribution in [0.4, 0.5) is 16.2 Å². The Morgan fingerprint density at radius 3 is 2.23 bits per heavy atom. The Labute approximate surface area is 182 Å². The average Bonchev–Trinajstić information content (AvgIpc) is 2.79. The molecule has 2 aromatic carbocycles. The van der Waals surface area contributed by atoms with Gasteiger partial charge in [-0.05, 0) is 35.4 Å². The number of hydrogen-bond donors (Lipinski definition) is 3. The second kappa shape index (κ2) is 10.8. The quantitative estimate of drug-likeness (QED) is 0.525. The van der Waals surface area contributed by atoms with Crippen molar-refractivity contribution in [1.29, 1.82) is 0 Å². The van der Waals surface area contributed by atoms with Crippen molar-refractivity contribution >= 4 is 23.3 Å². The largest absolute Gasteiger partial charge is 0.378 e. The molecule has 0 aliphatic carbocycles. The first-order chi connectivity index (χ1) is 15.0. The van der Waals surface area contributed by atoms with E-state index in [-0.39, 0.29) is 5.91 Å². The average molecular weight is 418 g/mol. The van der Waals surface area contributed by atoms with E-state index in [0.717, 1.165) is 16.8 Å². The van der Waals surface area contributed by atoms with Crippen LogP contribution in [0.1, 0.15) is 11.1 Å². The molecule has 1 atom stereocenters. The summed E-state index contributed by atoms with van der Waals surface area (Å²) in [6.07, 6.45) is 3.58. The van der Waals surface area contributed by atoms with Crippen LogP contribution in [0.5, 0.6) is 0 Å². The molecule has 7 nitrogen and oxygen atoms in total. The Kier molecular flexibility index (Phi) is 7.59. The molecule has 31 heavy (non-hydrogen) atoms. The molecule has 0 saturated carbocycles. The molecular formula is C24H27N5O2. The van der Waals surface area contributed by atoms with Crippen molar-refractivity contribution in [3.05, 3.63) is 90.3 Å². The number of urea groups is 1. The minimum absolute atomic E-state index is 0.291. The molecule has 0 unspecified atom stereocenters. The summed E-state index contributed by atoms with van der Waals surface area (Å²) < 4.78 is 0. The van der Waals surface area contributed by atoms with E-state index < -0.39 is 12.1 Å². The van der Waals surface area contributed by atoms with Crippen LogP contribution in [0.15, 0.2) is 79.1 Å². The number of benzene rings is 2. The molecule has 3 aromatic rings. The molecule has 0 fully saturated rings. The zero-order valence-corrected chi connectivity index (χ0v) is 17.7. The van der Waals surface area contributed by atoms with E-state index >= 15 is 0 Å². The molecule has 0 spiro atoms. The number of pyridine rings is 1. The fourth-order valence-electron chi connectivity index (χ4n) is 3.03. The van der Waals surface area contributed by atoms with Crippen LogP contribution in [-0.2, 0) is 17.8 Å². The van der Waals surface area contributed by atoms with E-state index in [1.54, 1.807) is 24.5 Å². The second-order valence-electron chi connectivity index (χ2n) is 7.36. The lowest BCUT2D eigenvalue weighted by molar-refractivity contribution is -0.117. The molecule has 0 radical (unpaired) electrons. The van der Waals surface area contributed by atoms with Crippen LogP contribution < -0.4 is 20.9 Å². The first kappa shape index (κ1) is 21.8. The number of nitrogens with zero attached hydrogens (tertiary/aromatic N) is 2. The molecule has 0 aliphatic rings. The molecule has 0 aliphatic heterocycles. The van der Waals surface area contributed by atoms with Gasteiger partial charge in [0.2, 0.25) is 5.91 Å². The van der Waals surface area contributed by atoms with Gasteiger partial charge in [-0.2, -0.15) is 0 Å². The predicted octanol–water partition coefficient (Wildman–Crippen LogP) is 3.20. The summed E-state index contributed by atoms with van der Waals surface area (Å²) in [5.41, 5.74) is 3.64. The fourth-order valence-corrected chi connectivity index (χ4v) is 3.03. The third-order valence-electron chi connectivity index (χ3n) is 4.76. The zero-order valence-electron chi connectivity index (χ0n) is 17.7. The minimum Gasteiger partial charge on any atom is -0.378 e. The summed E-state index contributed by atoms with van der Waals surface area (Å²) in [7, 11) is 3.95. The molecule has 1 aromatic heterocycles.